The van der Waals surface area contributed by atoms with Gasteiger partial charge in [0.05, 0.1) is 12.1 Å². The van der Waals surface area contributed by atoms with Gasteiger partial charge in [-0.2, -0.15) is 0 Å². The quantitative estimate of drug-likeness (QED) is 0.659. The summed E-state index contributed by atoms with van der Waals surface area (Å²) in [5, 5.41) is 0. The maximum absolute atomic E-state index is 11.2. The van der Waals surface area contributed by atoms with Crippen LogP contribution in [0.3, 0.4) is 0 Å². The number of nitrogens with one attached hydrogen (secondary N) is 2. The first-order valence-electron chi connectivity index (χ1n) is 4.19. The van der Waals surface area contributed by atoms with E-state index in [9.17, 15) is 8.42 Å². The average Bonchev–Trinajstić information content (AvgIpc) is 2.56. The fourth-order valence-corrected chi connectivity index (χ4v) is 1.82. The van der Waals surface area contributed by atoms with Crippen LogP contribution in [0.5, 0.6) is 0 Å². The maximum Gasteiger partial charge on any atom is 0.215 e. The minimum absolute atomic E-state index is 0.0457. The summed E-state index contributed by atoms with van der Waals surface area (Å²) in [6.45, 7) is 3.74. The molecule has 6 heteroatoms. The van der Waals surface area contributed by atoms with Crippen LogP contribution in [0, 0.1) is 0 Å². The molecule has 0 saturated heterocycles. The van der Waals surface area contributed by atoms with Gasteiger partial charge in [0.15, 0.2) is 0 Å². The van der Waals surface area contributed by atoms with Crippen molar-refractivity contribution in [2.24, 2.45) is 0 Å². The van der Waals surface area contributed by atoms with Crippen molar-refractivity contribution in [2.75, 3.05) is 12.3 Å². The number of aromatic amines is 1. The normalized spacial score (nSPS) is 11.4. The van der Waals surface area contributed by atoms with Crippen molar-refractivity contribution in [2.45, 2.75) is 6.42 Å². The highest BCUT2D eigenvalue weighted by atomic mass is 32.2. The number of hydrogen-bond donors (Lipinski definition) is 2. The number of hydrogen-bond acceptors (Lipinski definition) is 3. The van der Waals surface area contributed by atoms with Gasteiger partial charge in [-0.15, -0.1) is 6.58 Å². The minimum Gasteiger partial charge on any atom is -0.348 e. The lowest BCUT2D eigenvalue weighted by Gasteiger charge is -2.02. The number of nitrogens with zero attached hydrogens (tertiary/aromatic N) is 1. The molecule has 0 unspecified atom stereocenters. The Morgan fingerprint density at radius 3 is 3.00 bits per heavy atom. The van der Waals surface area contributed by atoms with Crippen molar-refractivity contribution in [3.8, 4) is 0 Å². The second kappa shape index (κ2) is 4.92. The van der Waals surface area contributed by atoms with Crippen LogP contribution in [0.4, 0.5) is 0 Å². The van der Waals surface area contributed by atoms with E-state index in [1.165, 1.54) is 6.08 Å². The van der Waals surface area contributed by atoms with Crippen LogP contribution < -0.4 is 4.72 Å². The highest BCUT2D eigenvalue weighted by Crippen LogP contribution is 1.92. The molecule has 1 rings (SSSR count). The third-order valence-corrected chi connectivity index (χ3v) is 2.93. The first-order chi connectivity index (χ1) is 6.64. The van der Waals surface area contributed by atoms with Crippen LogP contribution in [0.15, 0.2) is 25.2 Å². The molecule has 2 N–H and O–H groups in total. The summed E-state index contributed by atoms with van der Waals surface area (Å²) in [5.41, 5.74) is 0.909. The van der Waals surface area contributed by atoms with Crippen molar-refractivity contribution >= 4 is 10.0 Å². The summed E-state index contributed by atoms with van der Waals surface area (Å²) in [6, 6.07) is 0. The van der Waals surface area contributed by atoms with Crippen molar-refractivity contribution in [1.29, 1.82) is 0 Å². The molecule has 0 aliphatic rings. The predicted octanol–water partition coefficient (Wildman–Crippen LogP) is 0.0576. The van der Waals surface area contributed by atoms with Crippen LogP contribution in [-0.4, -0.2) is 30.7 Å². The molecule has 14 heavy (non-hydrogen) atoms. The summed E-state index contributed by atoms with van der Waals surface area (Å²) < 4.78 is 24.8. The van der Waals surface area contributed by atoms with E-state index < -0.39 is 10.0 Å². The lowest BCUT2D eigenvalue weighted by molar-refractivity contribution is 0.584. The molecule has 1 aromatic heterocycles. The first-order valence-corrected chi connectivity index (χ1v) is 5.85. The van der Waals surface area contributed by atoms with Gasteiger partial charge in [-0.1, -0.05) is 6.08 Å². The molecule has 0 bridgehead atoms. The van der Waals surface area contributed by atoms with E-state index in [4.69, 9.17) is 0 Å². The SMILES string of the molecule is C=CCS(=O)(=O)NCCc1cnc[nH]1. The van der Waals surface area contributed by atoms with Gasteiger partial charge in [0.2, 0.25) is 10.0 Å². The molecular weight excluding hydrogens is 202 g/mol. The Labute approximate surface area is 83.3 Å². The zero-order valence-electron chi connectivity index (χ0n) is 7.73. The molecular formula is C8H13N3O2S. The Morgan fingerprint density at radius 1 is 1.64 bits per heavy atom. The van der Waals surface area contributed by atoms with E-state index in [0.717, 1.165) is 5.69 Å². The van der Waals surface area contributed by atoms with E-state index in [1.54, 1.807) is 12.5 Å². The second-order valence-electron chi connectivity index (χ2n) is 2.79. The van der Waals surface area contributed by atoms with Gasteiger partial charge in [0.25, 0.3) is 0 Å². The molecule has 0 amide bonds. The fourth-order valence-electron chi connectivity index (χ4n) is 0.977. The van der Waals surface area contributed by atoms with E-state index in [2.05, 4.69) is 21.3 Å². The van der Waals surface area contributed by atoms with E-state index in [-0.39, 0.29) is 5.75 Å². The Kier molecular flexibility index (Phi) is 3.84. The Bertz CT molecular complexity index is 369. The van der Waals surface area contributed by atoms with Gasteiger partial charge in [-0.05, 0) is 0 Å². The Hall–Kier alpha value is -1.14. The molecule has 0 aliphatic heterocycles. The topological polar surface area (TPSA) is 74.8 Å². The van der Waals surface area contributed by atoms with Gasteiger partial charge in [-0.3, -0.25) is 0 Å². The number of imidazole rings is 1. The van der Waals surface area contributed by atoms with Crippen molar-refractivity contribution in [1.82, 2.24) is 14.7 Å². The first kappa shape index (κ1) is 10.9. The number of sulfonamides is 1. The van der Waals surface area contributed by atoms with E-state index in [1.807, 2.05) is 0 Å². The largest absolute Gasteiger partial charge is 0.348 e. The predicted molar refractivity (Wildman–Crippen MR) is 54.3 cm³/mol. The van der Waals surface area contributed by atoms with Gasteiger partial charge >= 0.3 is 0 Å². The second-order valence-corrected chi connectivity index (χ2v) is 4.64. The van der Waals surface area contributed by atoms with Crippen LogP contribution in [0.25, 0.3) is 0 Å². The highest BCUT2D eigenvalue weighted by molar-refractivity contribution is 7.89. The third kappa shape index (κ3) is 3.71. The molecule has 0 aromatic carbocycles. The van der Waals surface area contributed by atoms with Crippen molar-refractivity contribution < 1.29 is 8.42 Å². The van der Waals surface area contributed by atoms with Crippen LogP contribution in [0.1, 0.15) is 5.69 Å². The number of H-pyrrole nitrogens is 1. The summed E-state index contributed by atoms with van der Waals surface area (Å²) in [5.74, 6) is -0.0457. The van der Waals surface area contributed by atoms with Gasteiger partial charge in [0, 0.05) is 24.9 Å². The lowest BCUT2D eigenvalue weighted by Crippen LogP contribution is -2.27. The van der Waals surface area contributed by atoms with Crippen LogP contribution in [0.2, 0.25) is 0 Å². The van der Waals surface area contributed by atoms with Gasteiger partial charge < -0.3 is 4.98 Å². The number of aromatic nitrogens is 2. The molecule has 1 heterocycles. The smallest absolute Gasteiger partial charge is 0.215 e. The van der Waals surface area contributed by atoms with Crippen LogP contribution in [-0.2, 0) is 16.4 Å². The monoisotopic (exact) mass is 215 g/mol. The zero-order chi connectivity index (χ0) is 10.4. The Balaban J connectivity index is 2.31. The standard InChI is InChI=1S/C8H13N3O2S/c1-2-5-14(12,13)11-4-3-8-6-9-7-10-8/h2,6-7,11H,1,3-5H2,(H,9,10). The van der Waals surface area contributed by atoms with E-state index in [0.29, 0.717) is 13.0 Å². The molecule has 0 radical (unpaired) electrons. The van der Waals surface area contributed by atoms with Crippen molar-refractivity contribution in [3.63, 3.8) is 0 Å². The number of rotatable bonds is 6. The minimum atomic E-state index is -3.19. The molecule has 0 fully saturated rings. The third-order valence-electron chi connectivity index (χ3n) is 1.61. The molecule has 0 spiro atoms. The lowest BCUT2D eigenvalue weighted by atomic mass is 10.3. The Morgan fingerprint density at radius 2 is 2.43 bits per heavy atom. The highest BCUT2D eigenvalue weighted by Gasteiger charge is 2.05. The molecule has 5 nitrogen and oxygen atoms in total. The fraction of sp³-hybridized carbons (Fsp3) is 0.375. The molecule has 0 aliphatic carbocycles. The molecule has 78 valence electrons. The van der Waals surface area contributed by atoms with Crippen LogP contribution >= 0.6 is 0 Å². The summed E-state index contributed by atoms with van der Waals surface area (Å²) in [4.78, 5) is 6.71. The van der Waals surface area contributed by atoms with E-state index >= 15 is 0 Å². The zero-order valence-corrected chi connectivity index (χ0v) is 8.55. The van der Waals surface area contributed by atoms with Gasteiger partial charge in [0.1, 0.15) is 0 Å². The summed E-state index contributed by atoms with van der Waals surface area (Å²) >= 11 is 0. The van der Waals surface area contributed by atoms with Gasteiger partial charge in [-0.25, -0.2) is 18.1 Å². The average molecular weight is 215 g/mol. The molecule has 0 saturated carbocycles. The summed E-state index contributed by atoms with van der Waals surface area (Å²) in [6.07, 6.45) is 5.20. The molecule has 1 aromatic rings. The molecule has 0 atom stereocenters. The maximum atomic E-state index is 11.2. The summed E-state index contributed by atoms with van der Waals surface area (Å²) in [7, 11) is -3.19. The van der Waals surface area contributed by atoms with Crippen molar-refractivity contribution in [3.05, 3.63) is 30.9 Å².